The molecule has 0 spiro atoms. The minimum absolute atomic E-state index is 0.0120. The summed E-state index contributed by atoms with van der Waals surface area (Å²) in [7, 11) is 1.35. The average Bonchev–Trinajstić information content (AvgIpc) is 2.31. The van der Waals surface area contributed by atoms with Crippen LogP contribution >= 0.6 is 0 Å². The SMILES string of the molecule is COC(=O)C1[C@H]2CCCCC(=O)[C@H]1CC(=O)C2. The third kappa shape index (κ3) is 2.40. The minimum atomic E-state index is -0.422. The molecule has 0 heterocycles. The van der Waals surface area contributed by atoms with Gasteiger partial charge >= 0.3 is 5.97 Å². The number of carbonyl (C=O) groups excluding carboxylic acids is 3. The van der Waals surface area contributed by atoms with Crippen molar-refractivity contribution in [2.75, 3.05) is 7.11 Å². The monoisotopic (exact) mass is 238 g/mol. The van der Waals surface area contributed by atoms with Gasteiger partial charge in [-0.3, -0.25) is 14.4 Å². The summed E-state index contributed by atoms with van der Waals surface area (Å²) in [6.45, 7) is 0. The molecule has 0 amide bonds. The van der Waals surface area contributed by atoms with E-state index in [1.165, 1.54) is 7.11 Å². The van der Waals surface area contributed by atoms with Crippen molar-refractivity contribution in [2.24, 2.45) is 17.8 Å². The van der Waals surface area contributed by atoms with Crippen molar-refractivity contribution >= 4 is 17.5 Å². The Morgan fingerprint density at radius 3 is 2.71 bits per heavy atom. The smallest absolute Gasteiger partial charge is 0.309 e. The van der Waals surface area contributed by atoms with Crippen molar-refractivity contribution in [3.05, 3.63) is 0 Å². The molecule has 2 bridgehead atoms. The normalized spacial score (nSPS) is 33.8. The zero-order valence-corrected chi connectivity index (χ0v) is 10.1. The van der Waals surface area contributed by atoms with Crippen LogP contribution in [-0.2, 0) is 19.1 Å². The van der Waals surface area contributed by atoms with Crippen molar-refractivity contribution in [1.29, 1.82) is 0 Å². The van der Waals surface area contributed by atoms with E-state index in [-0.39, 0.29) is 35.8 Å². The number of carbonyl (C=O) groups is 3. The quantitative estimate of drug-likeness (QED) is 0.650. The maximum atomic E-state index is 12.0. The summed E-state index contributed by atoms with van der Waals surface area (Å²) in [5, 5.41) is 0. The number of Topliss-reactive ketones (excluding diaryl/α,β-unsaturated/α-hetero) is 2. The van der Waals surface area contributed by atoms with Gasteiger partial charge in [-0.25, -0.2) is 0 Å². The lowest BCUT2D eigenvalue weighted by Gasteiger charge is -2.36. The summed E-state index contributed by atoms with van der Waals surface area (Å²) in [5.74, 6) is -0.922. The van der Waals surface area contributed by atoms with Crippen molar-refractivity contribution in [3.63, 3.8) is 0 Å². The van der Waals surface area contributed by atoms with E-state index in [9.17, 15) is 14.4 Å². The summed E-state index contributed by atoms with van der Waals surface area (Å²) in [6.07, 6.45) is 3.82. The second-order valence-electron chi connectivity index (χ2n) is 5.07. The number of fused-ring (bicyclic) bond motifs is 2. The zero-order valence-electron chi connectivity index (χ0n) is 10.1. The second kappa shape index (κ2) is 4.98. The number of ether oxygens (including phenoxy) is 1. The molecule has 4 heteroatoms. The highest BCUT2D eigenvalue weighted by Gasteiger charge is 2.45. The van der Waals surface area contributed by atoms with Gasteiger partial charge in [-0.05, 0) is 18.8 Å². The topological polar surface area (TPSA) is 60.4 Å². The van der Waals surface area contributed by atoms with E-state index < -0.39 is 5.92 Å². The summed E-state index contributed by atoms with van der Waals surface area (Å²) in [6, 6.07) is 0. The molecule has 0 radical (unpaired) electrons. The first-order chi connectivity index (χ1) is 8.13. The molecule has 2 aliphatic carbocycles. The highest BCUT2D eigenvalue weighted by atomic mass is 16.5. The third-order valence-electron chi connectivity index (χ3n) is 4.01. The van der Waals surface area contributed by atoms with E-state index in [2.05, 4.69) is 0 Å². The number of rotatable bonds is 1. The number of hydrogen-bond donors (Lipinski definition) is 0. The van der Waals surface area contributed by atoms with Crippen LogP contribution in [0.15, 0.2) is 0 Å². The third-order valence-corrected chi connectivity index (χ3v) is 4.01. The predicted molar refractivity (Wildman–Crippen MR) is 60.2 cm³/mol. The van der Waals surface area contributed by atoms with Gasteiger partial charge in [0.25, 0.3) is 0 Å². The molecule has 0 aliphatic heterocycles. The van der Waals surface area contributed by atoms with Crippen LogP contribution in [0.1, 0.15) is 38.5 Å². The van der Waals surface area contributed by atoms with Gasteiger partial charge in [-0.1, -0.05) is 6.42 Å². The first-order valence-corrected chi connectivity index (χ1v) is 6.25. The average molecular weight is 238 g/mol. The molecule has 2 aliphatic rings. The molecule has 0 aromatic carbocycles. The van der Waals surface area contributed by atoms with Gasteiger partial charge in [0.1, 0.15) is 11.6 Å². The van der Waals surface area contributed by atoms with E-state index >= 15 is 0 Å². The fourth-order valence-corrected chi connectivity index (χ4v) is 3.18. The maximum absolute atomic E-state index is 12.0. The molecule has 0 aromatic heterocycles. The van der Waals surface area contributed by atoms with Crippen LogP contribution in [0.3, 0.4) is 0 Å². The summed E-state index contributed by atoms with van der Waals surface area (Å²) in [5.41, 5.74) is 0. The lowest BCUT2D eigenvalue weighted by molar-refractivity contribution is -0.157. The Kier molecular flexibility index (Phi) is 3.60. The van der Waals surface area contributed by atoms with Crippen LogP contribution in [0.2, 0.25) is 0 Å². The highest BCUT2D eigenvalue weighted by molar-refractivity contribution is 5.94. The van der Waals surface area contributed by atoms with Gasteiger partial charge in [-0.2, -0.15) is 0 Å². The minimum Gasteiger partial charge on any atom is -0.469 e. The van der Waals surface area contributed by atoms with Crippen LogP contribution in [0.25, 0.3) is 0 Å². The fraction of sp³-hybridized carbons (Fsp3) is 0.769. The van der Waals surface area contributed by atoms with Crippen LogP contribution in [-0.4, -0.2) is 24.6 Å². The largest absolute Gasteiger partial charge is 0.469 e. The van der Waals surface area contributed by atoms with Crippen molar-refractivity contribution in [3.8, 4) is 0 Å². The summed E-state index contributed by atoms with van der Waals surface area (Å²) < 4.78 is 4.80. The van der Waals surface area contributed by atoms with Crippen molar-refractivity contribution < 1.29 is 19.1 Å². The molecule has 4 nitrogen and oxygen atoms in total. The Morgan fingerprint density at radius 2 is 2.00 bits per heavy atom. The predicted octanol–water partition coefficient (Wildman–Crippen LogP) is 1.51. The Labute approximate surface area is 101 Å². The molecular weight excluding hydrogens is 220 g/mol. The lowest BCUT2D eigenvalue weighted by atomic mass is 9.66. The van der Waals surface area contributed by atoms with E-state index in [1.807, 2.05) is 0 Å². The molecular formula is C13H18O4. The molecule has 3 atom stereocenters. The van der Waals surface area contributed by atoms with Crippen molar-refractivity contribution in [2.45, 2.75) is 38.5 Å². The van der Waals surface area contributed by atoms with E-state index in [4.69, 9.17) is 4.74 Å². The number of esters is 1. The fourth-order valence-electron chi connectivity index (χ4n) is 3.18. The molecule has 2 fully saturated rings. The van der Waals surface area contributed by atoms with Gasteiger partial charge in [0.05, 0.1) is 13.0 Å². The molecule has 94 valence electrons. The summed E-state index contributed by atoms with van der Waals surface area (Å²) in [4.78, 5) is 35.4. The van der Waals surface area contributed by atoms with Gasteiger partial charge in [0.2, 0.25) is 0 Å². The molecule has 0 aromatic rings. The molecule has 0 N–H and O–H groups in total. The Bertz CT molecular complexity index is 347. The van der Waals surface area contributed by atoms with Crippen molar-refractivity contribution in [1.82, 2.24) is 0 Å². The van der Waals surface area contributed by atoms with Gasteiger partial charge in [-0.15, -0.1) is 0 Å². The Morgan fingerprint density at radius 1 is 1.24 bits per heavy atom. The molecule has 2 saturated carbocycles. The summed E-state index contributed by atoms with van der Waals surface area (Å²) >= 11 is 0. The van der Waals surface area contributed by atoms with Crippen LogP contribution in [0.4, 0.5) is 0 Å². The Balaban J connectivity index is 2.29. The van der Waals surface area contributed by atoms with Crippen LogP contribution in [0.5, 0.6) is 0 Å². The first-order valence-electron chi connectivity index (χ1n) is 6.25. The van der Waals surface area contributed by atoms with Gasteiger partial charge < -0.3 is 4.74 Å². The number of methoxy groups -OCH3 is 1. The number of ketones is 2. The Hall–Kier alpha value is -1.19. The second-order valence-corrected chi connectivity index (χ2v) is 5.07. The lowest BCUT2D eigenvalue weighted by Crippen LogP contribution is -2.43. The first kappa shape index (κ1) is 12.3. The highest BCUT2D eigenvalue weighted by Crippen LogP contribution is 2.40. The molecule has 17 heavy (non-hydrogen) atoms. The zero-order chi connectivity index (χ0) is 12.4. The van der Waals surface area contributed by atoms with E-state index in [0.29, 0.717) is 12.8 Å². The molecule has 0 saturated heterocycles. The van der Waals surface area contributed by atoms with Crippen LogP contribution < -0.4 is 0 Å². The molecule has 2 rings (SSSR count). The maximum Gasteiger partial charge on any atom is 0.309 e. The van der Waals surface area contributed by atoms with E-state index in [0.717, 1.165) is 19.3 Å². The van der Waals surface area contributed by atoms with Gasteiger partial charge in [0.15, 0.2) is 0 Å². The molecule has 1 unspecified atom stereocenters. The van der Waals surface area contributed by atoms with Gasteiger partial charge in [0, 0.05) is 25.2 Å². The standard InChI is InChI=1S/C13H18O4/c1-17-13(16)12-8-4-2-3-5-11(15)10(12)7-9(14)6-8/h8,10,12H,2-7H2,1H3/t8-,10+,12?/m0/s1. The van der Waals surface area contributed by atoms with E-state index in [1.54, 1.807) is 0 Å². The number of hydrogen-bond acceptors (Lipinski definition) is 4. The van der Waals surface area contributed by atoms with Crippen LogP contribution in [0, 0.1) is 17.8 Å².